The van der Waals surface area contributed by atoms with Crippen molar-refractivity contribution in [3.63, 3.8) is 0 Å². The fourth-order valence-electron chi connectivity index (χ4n) is 2.75. The number of nitrogens with zero attached hydrogens (tertiary/aromatic N) is 3. The first-order valence-corrected chi connectivity index (χ1v) is 7.74. The number of hydrogen-bond donors (Lipinski definition) is 1. The fourth-order valence-corrected chi connectivity index (χ4v) is 3.13. The molecule has 0 spiro atoms. The van der Waals surface area contributed by atoms with Gasteiger partial charge in [-0.05, 0) is 48.4 Å². The molecule has 0 bridgehead atoms. The van der Waals surface area contributed by atoms with E-state index in [1.165, 1.54) is 6.42 Å². The van der Waals surface area contributed by atoms with E-state index in [0.717, 1.165) is 41.9 Å². The number of aromatic nitrogens is 1. The molecule has 1 aromatic rings. The van der Waals surface area contributed by atoms with Crippen LogP contribution in [0.4, 0.5) is 5.82 Å². The summed E-state index contributed by atoms with van der Waals surface area (Å²) >= 11 is 3.47. The minimum atomic E-state index is 0.520. The number of nitrogens with two attached hydrogens (primary N) is 1. The molecule has 4 nitrogen and oxygen atoms in total. The highest BCUT2D eigenvalue weighted by molar-refractivity contribution is 9.10. The first-order valence-electron chi connectivity index (χ1n) is 6.95. The summed E-state index contributed by atoms with van der Waals surface area (Å²) in [4.78, 5) is 9.47. The third-order valence-corrected chi connectivity index (χ3v) is 4.21. The highest BCUT2D eigenvalue weighted by Crippen LogP contribution is 2.25. The molecule has 2 rings (SSSR count). The molecule has 19 heavy (non-hydrogen) atoms. The van der Waals surface area contributed by atoms with Crippen molar-refractivity contribution in [2.75, 3.05) is 31.6 Å². The van der Waals surface area contributed by atoms with Gasteiger partial charge in [0.25, 0.3) is 0 Å². The Kier molecular flexibility index (Phi) is 5.19. The molecule has 1 atom stereocenters. The number of pyridine rings is 1. The molecule has 1 aliphatic rings. The maximum atomic E-state index is 5.88. The van der Waals surface area contributed by atoms with Crippen LogP contribution in [0.15, 0.2) is 16.7 Å². The molecule has 1 saturated heterocycles. The predicted octanol–water partition coefficient (Wildman–Crippen LogP) is 2.22. The molecule has 5 heteroatoms. The van der Waals surface area contributed by atoms with Gasteiger partial charge in [-0.2, -0.15) is 0 Å². The second-order valence-electron chi connectivity index (χ2n) is 5.21. The summed E-state index contributed by atoms with van der Waals surface area (Å²) in [7, 11) is 2.20. The molecule has 1 fully saturated rings. The van der Waals surface area contributed by atoms with Crippen LogP contribution in [-0.2, 0) is 6.54 Å². The van der Waals surface area contributed by atoms with Gasteiger partial charge in [-0.3, -0.25) is 0 Å². The van der Waals surface area contributed by atoms with E-state index in [1.54, 1.807) is 0 Å². The minimum Gasteiger partial charge on any atom is -0.352 e. The van der Waals surface area contributed by atoms with E-state index in [4.69, 9.17) is 5.73 Å². The van der Waals surface area contributed by atoms with Gasteiger partial charge in [-0.1, -0.05) is 6.92 Å². The van der Waals surface area contributed by atoms with Gasteiger partial charge >= 0.3 is 0 Å². The number of anilines is 1. The van der Waals surface area contributed by atoms with E-state index in [9.17, 15) is 0 Å². The molecule has 1 unspecified atom stereocenters. The Labute approximate surface area is 124 Å². The van der Waals surface area contributed by atoms with Crippen molar-refractivity contribution < 1.29 is 0 Å². The van der Waals surface area contributed by atoms with Gasteiger partial charge in [-0.25, -0.2) is 4.98 Å². The lowest BCUT2D eigenvalue weighted by molar-refractivity contribution is 0.327. The van der Waals surface area contributed by atoms with Crippen molar-refractivity contribution in [3.8, 4) is 0 Å². The Morgan fingerprint density at radius 3 is 2.95 bits per heavy atom. The molecule has 106 valence electrons. The maximum absolute atomic E-state index is 5.88. The number of likely N-dealkylation sites (N-methyl/N-ethyl adjacent to an activating group) is 1. The average Bonchev–Trinajstić information content (AvgIpc) is 2.60. The molecule has 0 radical (unpaired) electrons. The lowest BCUT2D eigenvalue weighted by atomic mass is 10.1. The van der Waals surface area contributed by atoms with Crippen LogP contribution in [0.5, 0.6) is 0 Å². The van der Waals surface area contributed by atoms with Crippen molar-refractivity contribution in [2.45, 2.75) is 32.4 Å². The Morgan fingerprint density at radius 1 is 1.47 bits per heavy atom. The van der Waals surface area contributed by atoms with Crippen molar-refractivity contribution in [1.82, 2.24) is 9.88 Å². The fraction of sp³-hybridized carbons (Fsp3) is 0.643. The summed E-state index contributed by atoms with van der Waals surface area (Å²) in [6.07, 6.45) is 4.18. The highest BCUT2D eigenvalue weighted by Gasteiger charge is 2.24. The van der Waals surface area contributed by atoms with Crippen LogP contribution < -0.4 is 10.6 Å². The van der Waals surface area contributed by atoms with Crippen molar-refractivity contribution in [1.29, 1.82) is 0 Å². The summed E-state index contributed by atoms with van der Waals surface area (Å²) in [6, 6.07) is 2.61. The molecule has 0 amide bonds. The van der Waals surface area contributed by atoms with E-state index in [2.05, 4.69) is 50.8 Å². The largest absolute Gasteiger partial charge is 0.352 e. The Bertz CT molecular complexity index is 424. The van der Waals surface area contributed by atoms with Gasteiger partial charge in [0.05, 0.1) is 0 Å². The van der Waals surface area contributed by atoms with Gasteiger partial charge in [-0.15, -0.1) is 0 Å². The van der Waals surface area contributed by atoms with E-state index >= 15 is 0 Å². The first-order chi connectivity index (χ1) is 9.15. The SMILES string of the molecule is CCC1CN(C)CCCN1c1ncc(Br)cc1CN. The summed E-state index contributed by atoms with van der Waals surface area (Å²) in [6.45, 7) is 6.09. The molecule has 0 saturated carbocycles. The van der Waals surface area contributed by atoms with Crippen LogP contribution in [0, 0.1) is 0 Å². The van der Waals surface area contributed by atoms with Gasteiger partial charge in [0.1, 0.15) is 5.82 Å². The lowest BCUT2D eigenvalue weighted by Crippen LogP contribution is -2.40. The van der Waals surface area contributed by atoms with E-state index < -0.39 is 0 Å². The summed E-state index contributed by atoms with van der Waals surface area (Å²) in [5.74, 6) is 1.06. The normalized spacial score (nSPS) is 21.5. The standard InChI is InChI=1S/C14H23BrN4/c1-3-13-10-18(2)5-4-6-19(13)14-11(8-16)7-12(15)9-17-14/h7,9,13H,3-6,8,10,16H2,1-2H3. The average molecular weight is 327 g/mol. The minimum absolute atomic E-state index is 0.520. The quantitative estimate of drug-likeness (QED) is 0.925. The lowest BCUT2D eigenvalue weighted by Gasteiger charge is -2.32. The van der Waals surface area contributed by atoms with Gasteiger partial charge < -0.3 is 15.5 Å². The van der Waals surface area contributed by atoms with Crippen molar-refractivity contribution >= 4 is 21.7 Å². The molecular weight excluding hydrogens is 304 g/mol. The van der Waals surface area contributed by atoms with Crippen molar-refractivity contribution in [2.24, 2.45) is 5.73 Å². The highest BCUT2D eigenvalue weighted by atomic mass is 79.9. The Hall–Kier alpha value is -0.650. The third-order valence-electron chi connectivity index (χ3n) is 3.77. The maximum Gasteiger partial charge on any atom is 0.133 e. The number of hydrogen-bond acceptors (Lipinski definition) is 4. The summed E-state index contributed by atoms with van der Waals surface area (Å²) in [5, 5.41) is 0. The molecule has 2 heterocycles. The number of rotatable bonds is 3. The molecule has 2 N–H and O–H groups in total. The molecule has 0 aromatic carbocycles. The molecule has 1 aromatic heterocycles. The first kappa shape index (κ1) is 14.8. The molecular formula is C14H23BrN4. The van der Waals surface area contributed by atoms with Crippen LogP contribution in [0.3, 0.4) is 0 Å². The van der Waals surface area contributed by atoms with Crippen LogP contribution >= 0.6 is 15.9 Å². The van der Waals surface area contributed by atoms with Crippen LogP contribution in [0.25, 0.3) is 0 Å². The zero-order chi connectivity index (χ0) is 13.8. The van der Waals surface area contributed by atoms with Crippen LogP contribution in [0.1, 0.15) is 25.3 Å². The molecule has 0 aliphatic carbocycles. The third kappa shape index (κ3) is 3.46. The van der Waals surface area contributed by atoms with Crippen LogP contribution in [0.2, 0.25) is 0 Å². The van der Waals surface area contributed by atoms with Crippen LogP contribution in [-0.4, -0.2) is 42.6 Å². The summed E-state index contributed by atoms with van der Waals surface area (Å²) < 4.78 is 0.997. The molecule has 1 aliphatic heterocycles. The van der Waals surface area contributed by atoms with Gasteiger partial charge in [0.15, 0.2) is 0 Å². The second-order valence-corrected chi connectivity index (χ2v) is 6.13. The zero-order valence-electron chi connectivity index (χ0n) is 11.8. The monoisotopic (exact) mass is 326 g/mol. The van der Waals surface area contributed by atoms with Gasteiger partial charge in [0.2, 0.25) is 0 Å². The van der Waals surface area contributed by atoms with E-state index in [0.29, 0.717) is 12.6 Å². The predicted molar refractivity (Wildman–Crippen MR) is 83.4 cm³/mol. The van der Waals surface area contributed by atoms with Crippen molar-refractivity contribution in [3.05, 3.63) is 22.3 Å². The Morgan fingerprint density at radius 2 is 2.26 bits per heavy atom. The van der Waals surface area contributed by atoms with E-state index in [1.807, 2.05) is 6.20 Å². The smallest absolute Gasteiger partial charge is 0.133 e. The van der Waals surface area contributed by atoms with E-state index in [-0.39, 0.29) is 0 Å². The topological polar surface area (TPSA) is 45.4 Å². The summed E-state index contributed by atoms with van der Waals surface area (Å²) in [5.41, 5.74) is 7.00. The zero-order valence-corrected chi connectivity index (χ0v) is 13.4. The second kappa shape index (κ2) is 6.68. The number of halogens is 1. The van der Waals surface area contributed by atoms with Gasteiger partial charge in [0, 0.05) is 41.9 Å². The Balaban J connectivity index is 2.32.